The van der Waals surface area contributed by atoms with Crippen LogP contribution in [0.3, 0.4) is 0 Å². The number of rotatable bonds is 8. The molecule has 0 aromatic heterocycles. The van der Waals surface area contributed by atoms with Gasteiger partial charge in [-0.25, -0.2) is 4.79 Å². The summed E-state index contributed by atoms with van der Waals surface area (Å²) in [7, 11) is 0. The minimum absolute atomic E-state index is 0.329. The molecule has 0 atom stereocenters. The van der Waals surface area contributed by atoms with E-state index in [1.54, 1.807) is 6.07 Å². The molecule has 3 nitrogen and oxygen atoms in total. The Morgan fingerprint density at radius 2 is 0.820 bits per heavy atom. The first kappa shape index (κ1) is 29.7. The van der Waals surface area contributed by atoms with Crippen LogP contribution < -0.4 is 4.90 Å². The number of nitrogens with zero attached hydrogens (tertiary/aromatic N) is 1. The molecule has 0 bridgehead atoms. The summed E-state index contributed by atoms with van der Waals surface area (Å²) in [5, 5.41) is 18.5. The van der Waals surface area contributed by atoms with Crippen LogP contribution in [0.15, 0.2) is 170 Å². The molecule has 0 amide bonds. The van der Waals surface area contributed by atoms with Crippen LogP contribution in [0, 0.1) is 0 Å². The van der Waals surface area contributed by atoms with Crippen molar-refractivity contribution in [1.82, 2.24) is 0 Å². The van der Waals surface area contributed by atoms with Gasteiger partial charge in [0.1, 0.15) is 0 Å². The fraction of sp³-hybridized carbons (Fsp3) is 0.0426. The minimum Gasteiger partial charge on any atom is -0.478 e. The van der Waals surface area contributed by atoms with E-state index in [1.807, 2.05) is 18.2 Å². The zero-order valence-corrected chi connectivity index (χ0v) is 27.4. The molecule has 9 aromatic rings. The van der Waals surface area contributed by atoms with Crippen LogP contribution in [0.2, 0.25) is 0 Å². The average molecular weight is 644 g/mol. The van der Waals surface area contributed by atoms with Crippen LogP contribution in [-0.2, 0) is 12.8 Å². The molecule has 0 aliphatic heterocycles. The van der Waals surface area contributed by atoms with Gasteiger partial charge in [-0.05, 0) is 109 Å². The Balaban J connectivity index is 1.22. The first-order valence-electron chi connectivity index (χ1n) is 17.0. The number of carbonyl (C=O) groups is 1. The fourth-order valence-corrected chi connectivity index (χ4v) is 7.69. The molecule has 1 N–H and O–H groups in total. The summed E-state index contributed by atoms with van der Waals surface area (Å²) in [5.41, 5.74) is 8.71. The van der Waals surface area contributed by atoms with Gasteiger partial charge in [-0.15, -0.1) is 0 Å². The fourth-order valence-electron chi connectivity index (χ4n) is 7.69. The quantitative estimate of drug-likeness (QED) is 0.132. The van der Waals surface area contributed by atoms with E-state index in [4.69, 9.17) is 0 Å². The second-order valence-corrected chi connectivity index (χ2v) is 13.0. The molecule has 0 spiro atoms. The largest absolute Gasteiger partial charge is 0.478 e. The van der Waals surface area contributed by atoms with Gasteiger partial charge in [0, 0.05) is 16.8 Å². The Hall–Kier alpha value is -6.45. The lowest BCUT2D eigenvalue weighted by Gasteiger charge is -2.28. The molecule has 0 aliphatic carbocycles. The molecule has 0 saturated carbocycles. The first-order valence-corrected chi connectivity index (χ1v) is 17.0. The highest BCUT2D eigenvalue weighted by Crippen LogP contribution is 2.46. The number of hydrogen-bond acceptors (Lipinski definition) is 2. The third kappa shape index (κ3) is 5.12. The molecule has 238 valence electrons. The Kier molecular flexibility index (Phi) is 7.25. The average Bonchev–Trinajstić information content (AvgIpc) is 3.16. The number of carboxylic acids is 1. The van der Waals surface area contributed by atoms with E-state index in [-0.39, 0.29) is 0 Å². The molecule has 0 heterocycles. The summed E-state index contributed by atoms with van der Waals surface area (Å²) >= 11 is 0. The highest BCUT2D eigenvalue weighted by atomic mass is 16.4. The first-order chi connectivity index (χ1) is 24.6. The van der Waals surface area contributed by atoms with Crippen molar-refractivity contribution >= 4 is 66.1 Å². The van der Waals surface area contributed by atoms with Crippen LogP contribution in [0.1, 0.15) is 32.6 Å². The molecule has 0 fully saturated rings. The van der Waals surface area contributed by atoms with Gasteiger partial charge in [-0.3, -0.25) is 0 Å². The van der Waals surface area contributed by atoms with Gasteiger partial charge in [0.25, 0.3) is 0 Å². The molecule has 0 unspecified atom stereocenters. The van der Waals surface area contributed by atoms with E-state index < -0.39 is 5.97 Å². The molecule has 0 radical (unpaired) electrons. The highest BCUT2D eigenvalue weighted by Gasteiger charge is 2.21. The number of fused-ring (bicyclic) bond motifs is 2. The molecule has 9 aromatic carbocycles. The smallest absolute Gasteiger partial charge is 0.336 e. The van der Waals surface area contributed by atoms with Crippen molar-refractivity contribution < 1.29 is 9.90 Å². The third-order valence-electron chi connectivity index (χ3n) is 10.0. The van der Waals surface area contributed by atoms with Crippen molar-refractivity contribution in [3.8, 4) is 0 Å². The van der Waals surface area contributed by atoms with Crippen molar-refractivity contribution in [2.45, 2.75) is 12.8 Å². The van der Waals surface area contributed by atoms with E-state index in [1.165, 1.54) is 27.6 Å². The lowest BCUT2D eigenvalue weighted by molar-refractivity contribution is 0.0699. The van der Waals surface area contributed by atoms with E-state index in [9.17, 15) is 9.90 Å². The second-order valence-electron chi connectivity index (χ2n) is 13.0. The number of hydrogen-bond donors (Lipinski definition) is 1. The molecule has 0 saturated heterocycles. The normalized spacial score (nSPS) is 11.5. The lowest BCUT2D eigenvalue weighted by Crippen LogP contribution is -2.11. The Labute approximate surface area is 290 Å². The number of anilines is 3. The van der Waals surface area contributed by atoms with Crippen molar-refractivity contribution in [2.24, 2.45) is 0 Å². The summed E-state index contributed by atoms with van der Waals surface area (Å²) in [6.45, 7) is 0. The maximum absolute atomic E-state index is 12.2. The standard InChI is InChI=1S/C47H33NO2/c49-47(50)42-26-25-40-38-14-8-16-43-44(28-27-41(46(38)43)37-13-7-15-39(42)45(37)40)48(35-21-17-33(18-22-35)29-31-9-3-1-4-10-31)36-23-19-34(20-24-36)30-32-11-5-2-6-12-32/h1-28H,29-30H2,(H,49,50). The van der Waals surface area contributed by atoms with Gasteiger partial charge in [0.15, 0.2) is 0 Å². The zero-order valence-electron chi connectivity index (χ0n) is 27.4. The van der Waals surface area contributed by atoms with E-state index in [0.717, 1.165) is 67.6 Å². The highest BCUT2D eigenvalue weighted by molar-refractivity contribution is 6.35. The number of benzene rings is 9. The molecular formula is C47H33NO2. The van der Waals surface area contributed by atoms with Crippen molar-refractivity contribution in [3.05, 3.63) is 198 Å². The summed E-state index contributed by atoms with van der Waals surface area (Å²) in [5.74, 6) is -0.909. The van der Waals surface area contributed by atoms with Crippen molar-refractivity contribution in [3.63, 3.8) is 0 Å². The lowest BCUT2D eigenvalue weighted by atomic mass is 9.87. The SMILES string of the molecule is O=C(O)c1ccc2c3cccc4c(N(c5ccc(Cc6ccccc6)cc5)c5ccc(Cc6ccccc6)cc5)ccc(c5cccc1c25)c43. The molecule has 9 rings (SSSR count). The Bertz CT molecular complexity index is 2540. The monoisotopic (exact) mass is 643 g/mol. The molecular weight excluding hydrogens is 611 g/mol. The van der Waals surface area contributed by atoms with Crippen molar-refractivity contribution in [2.75, 3.05) is 4.90 Å². The Morgan fingerprint density at radius 3 is 1.34 bits per heavy atom. The zero-order chi connectivity index (χ0) is 33.6. The van der Waals surface area contributed by atoms with Gasteiger partial charge in [-0.1, -0.05) is 133 Å². The predicted molar refractivity (Wildman–Crippen MR) is 208 cm³/mol. The van der Waals surface area contributed by atoms with Crippen molar-refractivity contribution in [1.29, 1.82) is 0 Å². The van der Waals surface area contributed by atoms with Crippen LogP contribution in [0.25, 0.3) is 43.1 Å². The topological polar surface area (TPSA) is 40.5 Å². The molecule has 0 aliphatic rings. The second kappa shape index (κ2) is 12.2. The van der Waals surface area contributed by atoms with Crippen LogP contribution >= 0.6 is 0 Å². The van der Waals surface area contributed by atoms with Gasteiger partial charge in [0.2, 0.25) is 0 Å². The van der Waals surface area contributed by atoms with Gasteiger partial charge < -0.3 is 10.0 Å². The molecule has 50 heavy (non-hydrogen) atoms. The van der Waals surface area contributed by atoms with Crippen LogP contribution in [-0.4, -0.2) is 11.1 Å². The van der Waals surface area contributed by atoms with E-state index >= 15 is 0 Å². The number of aromatic carboxylic acids is 1. The maximum Gasteiger partial charge on any atom is 0.336 e. The predicted octanol–water partition coefficient (Wildman–Crippen LogP) is 12.1. The summed E-state index contributed by atoms with van der Waals surface area (Å²) in [4.78, 5) is 14.6. The van der Waals surface area contributed by atoms with Crippen LogP contribution in [0.5, 0.6) is 0 Å². The maximum atomic E-state index is 12.2. The van der Waals surface area contributed by atoms with Gasteiger partial charge >= 0.3 is 5.97 Å². The summed E-state index contributed by atoms with van der Waals surface area (Å²) < 4.78 is 0. The summed E-state index contributed by atoms with van der Waals surface area (Å²) in [6.07, 6.45) is 1.76. The molecule has 3 heteroatoms. The van der Waals surface area contributed by atoms with Gasteiger partial charge in [-0.2, -0.15) is 0 Å². The van der Waals surface area contributed by atoms with Crippen LogP contribution in [0.4, 0.5) is 17.1 Å². The number of carboxylic acid groups (broad SMARTS) is 1. The van der Waals surface area contributed by atoms with E-state index in [2.05, 4.69) is 150 Å². The van der Waals surface area contributed by atoms with Gasteiger partial charge in [0.05, 0.1) is 11.3 Å². The Morgan fingerprint density at radius 1 is 0.400 bits per heavy atom. The summed E-state index contributed by atoms with van der Waals surface area (Å²) in [6, 6.07) is 59.8. The van der Waals surface area contributed by atoms with E-state index in [0.29, 0.717) is 5.56 Å². The minimum atomic E-state index is -0.909. The third-order valence-corrected chi connectivity index (χ3v) is 10.0.